The number of aryl methyl sites for hydroxylation is 1. The lowest BCUT2D eigenvalue weighted by Gasteiger charge is -2.15. The van der Waals surface area contributed by atoms with E-state index in [0.717, 1.165) is 23.3 Å². The zero-order valence-corrected chi connectivity index (χ0v) is 14.3. The molecular formula is C18H21N5O. The van der Waals surface area contributed by atoms with E-state index in [1.54, 1.807) is 12.4 Å². The maximum Gasteiger partial charge on any atom is 0.258 e. The number of nitrogens with zero attached hydrogens (tertiary/aromatic N) is 3. The van der Waals surface area contributed by atoms with Crippen molar-refractivity contribution in [3.05, 3.63) is 47.8 Å². The van der Waals surface area contributed by atoms with E-state index in [2.05, 4.69) is 25.3 Å². The van der Waals surface area contributed by atoms with Gasteiger partial charge in [-0.15, -0.1) is 0 Å². The first kappa shape index (κ1) is 16.1. The van der Waals surface area contributed by atoms with Crippen LogP contribution in [0.15, 0.2) is 30.6 Å². The van der Waals surface area contributed by atoms with E-state index in [9.17, 15) is 4.79 Å². The monoisotopic (exact) mass is 323 g/mol. The fourth-order valence-electron chi connectivity index (χ4n) is 2.34. The van der Waals surface area contributed by atoms with Crippen molar-refractivity contribution in [3.8, 4) is 0 Å². The third kappa shape index (κ3) is 3.27. The predicted molar refractivity (Wildman–Crippen MR) is 94.2 cm³/mol. The number of nitrogens with one attached hydrogen (secondary N) is 2. The van der Waals surface area contributed by atoms with Crippen molar-refractivity contribution in [3.63, 3.8) is 0 Å². The van der Waals surface area contributed by atoms with Gasteiger partial charge >= 0.3 is 0 Å². The van der Waals surface area contributed by atoms with Crippen molar-refractivity contribution in [2.75, 3.05) is 5.32 Å². The molecule has 124 valence electrons. The Morgan fingerprint density at radius 1 is 1.21 bits per heavy atom. The van der Waals surface area contributed by atoms with Gasteiger partial charge in [-0.3, -0.25) is 4.79 Å². The van der Waals surface area contributed by atoms with Crippen molar-refractivity contribution in [1.82, 2.24) is 19.9 Å². The minimum absolute atomic E-state index is 0.141. The molecule has 3 rings (SSSR count). The largest absolute Gasteiger partial charge is 0.342 e. The van der Waals surface area contributed by atoms with Gasteiger partial charge in [0.25, 0.3) is 5.91 Å². The molecule has 3 aromatic rings. The van der Waals surface area contributed by atoms with Crippen molar-refractivity contribution in [1.29, 1.82) is 0 Å². The Labute approximate surface area is 140 Å². The van der Waals surface area contributed by atoms with E-state index in [1.807, 2.05) is 45.9 Å². The molecule has 0 atom stereocenters. The molecule has 0 aliphatic rings. The highest BCUT2D eigenvalue weighted by molar-refractivity contribution is 6.04. The normalized spacial score (nSPS) is 11.7. The van der Waals surface area contributed by atoms with E-state index in [1.165, 1.54) is 0 Å². The third-order valence-corrected chi connectivity index (χ3v) is 3.71. The number of H-pyrrole nitrogens is 1. The Morgan fingerprint density at radius 3 is 2.54 bits per heavy atom. The first-order chi connectivity index (χ1) is 11.4. The van der Waals surface area contributed by atoms with Gasteiger partial charge < -0.3 is 10.3 Å². The van der Waals surface area contributed by atoms with Crippen LogP contribution in [0.5, 0.6) is 0 Å². The van der Waals surface area contributed by atoms with E-state index < -0.39 is 0 Å². The SMILES string of the molecule is CCc1nc2ccc(NC(=O)c3cnc(C(C)(C)C)nc3)cc2[nH]1. The lowest BCUT2D eigenvalue weighted by atomic mass is 9.96. The summed E-state index contributed by atoms with van der Waals surface area (Å²) >= 11 is 0. The van der Waals surface area contributed by atoms with Crippen LogP contribution in [-0.4, -0.2) is 25.8 Å². The molecule has 24 heavy (non-hydrogen) atoms. The molecule has 0 bridgehead atoms. The smallest absolute Gasteiger partial charge is 0.258 e. The molecule has 6 nitrogen and oxygen atoms in total. The van der Waals surface area contributed by atoms with Gasteiger partial charge in [0.2, 0.25) is 0 Å². The lowest BCUT2D eigenvalue weighted by molar-refractivity contribution is 0.102. The summed E-state index contributed by atoms with van der Waals surface area (Å²) in [4.78, 5) is 28.6. The molecule has 0 aliphatic carbocycles. The summed E-state index contributed by atoms with van der Waals surface area (Å²) in [6.07, 6.45) is 3.97. The molecule has 0 fully saturated rings. The highest BCUT2D eigenvalue weighted by Crippen LogP contribution is 2.19. The zero-order chi connectivity index (χ0) is 17.3. The van der Waals surface area contributed by atoms with Gasteiger partial charge in [0.15, 0.2) is 0 Å². The summed E-state index contributed by atoms with van der Waals surface area (Å²) in [5.74, 6) is 1.41. The molecule has 1 aromatic carbocycles. The van der Waals surface area contributed by atoms with Crippen LogP contribution in [0.3, 0.4) is 0 Å². The second kappa shape index (κ2) is 6.03. The zero-order valence-electron chi connectivity index (χ0n) is 14.3. The molecule has 2 N–H and O–H groups in total. The Bertz CT molecular complexity index is 875. The minimum atomic E-state index is -0.231. The van der Waals surface area contributed by atoms with Gasteiger partial charge in [0, 0.05) is 29.9 Å². The van der Waals surface area contributed by atoms with Crippen LogP contribution >= 0.6 is 0 Å². The van der Waals surface area contributed by atoms with Crippen LogP contribution in [-0.2, 0) is 11.8 Å². The van der Waals surface area contributed by atoms with Gasteiger partial charge in [-0.1, -0.05) is 27.7 Å². The number of anilines is 1. The Balaban J connectivity index is 1.79. The van der Waals surface area contributed by atoms with Gasteiger partial charge in [-0.25, -0.2) is 15.0 Å². The minimum Gasteiger partial charge on any atom is -0.342 e. The highest BCUT2D eigenvalue weighted by Gasteiger charge is 2.18. The number of benzene rings is 1. The second-order valence-corrected chi connectivity index (χ2v) is 6.77. The molecule has 0 radical (unpaired) electrons. The van der Waals surface area contributed by atoms with Crippen LogP contribution in [0.4, 0.5) is 5.69 Å². The number of amides is 1. The number of fused-ring (bicyclic) bond motifs is 1. The second-order valence-electron chi connectivity index (χ2n) is 6.77. The highest BCUT2D eigenvalue weighted by atomic mass is 16.1. The fourth-order valence-corrected chi connectivity index (χ4v) is 2.34. The topological polar surface area (TPSA) is 83.6 Å². The quantitative estimate of drug-likeness (QED) is 0.773. The van der Waals surface area contributed by atoms with Crippen molar-refractivity contribution in [2.45, 2.75) is 39.5 Å². The molecule has 0 spiro atoms. The number of carbonyl (C=O) groups is 1. The van der Waals surface area contributed by atoms with Gasteiger partial charge in [-0.2, -0.15) is 0 Å². The molecule has 0 saturated carbocycles. The summed E-state index contributed by atoms with van der Waals surface area (Å²) in [6.45, 7) is 8.15. The maximum atomic E-state index is 12.4. The summed E-state index contributed by atoms with van der Waals surface area (Å²) in [5.41, 5.74) is 2.80. The Morgan fingerprint density at radius 2 is 1.92 bits per heavy atom. The Hall–Kier alpha value is -2.76. The van der Waals surface area contributed by atoms with E-state index in [-0.39, 0.29) is 11.3 Å². The van der Waals surface area contributed by atoms with Gasteiger partial charge in [-0.05, 0) is 18.2 Å². The number of carbonyl (C=O) groups excluding carboxylic acids is 1. The standard InChI is InChI=1S/C18H21N5O/c1-5-15-22-13-7-6-12(8-14(13)23-15)21-16(24)11-9-19-17(20-10-11)18(2,3)4/h6-10H,5H2,1-4H3,(H,21,24)(H,22,23). The first-order valence-corrected chi connectivity index (χ1v) is 7.99. The number of aromatic nitrogens is 4. The fraction of sp³-hybridized carbons (Fsp3) is 0.333. The van der Waals surface area contributed by atoms with Gasteiger partial charge in [0.05, 0.1) is 16.6 Å². The number of hydrogen-bond donors (Lipinski definition) is 2. The summed E-state index contributed by atoms with van der Waals surface area (Å²) in [5, 5.41) is 2.87. The average molecular weight is 323 g/mol. The first-order valence-electron chi connectivity index (χ1n) is 7.99. The van der Waals surface area contributed by atoms with Crippen molar-refractivity contribution in [2.24, 2.45) is 0 Å². The van der Waals surface area contributed by atoms with Crippen LogP contribution in [0.25, 0.3) is 11.0 Å². The van der Waals surface area contributed by atoms with E-state index in [4.69, 9.17) is 0 Å². The number of imidazole rings is 1. The molecular weight excluding hydrogens is 302 g/mol. The predicted octanol–water partition coefficient (Wildman–Crippen LogP) is 3.47. The van der Waals surface area contributed by atoms with E-state index >= 15 is 0 Å². The van der Waals surface area contributed by atoms with Crippen LogP contribution < -0.4 is 5.32 Å². The van der Waals surface area contributed by atoms with Crippen LogP contribution in [0.2, 0.25) is 0 Å². The van der Waals surface area contributed by atoms with Gasteiger partial charge in [0.1, 0.15) is 11.6 Å². The summed E-state index contributed by atoms with van der Waals surface area (Å²) in [7, 11) is 0. The van der Waals surface area contributed by atoms with Crippen molar-refractivity contribution < 1.29 is 4.79 Å². The number of rotatable bonds is 3. The van der Waals surface area contributed by atoms with Crippen molar-refractivity contribution >= 4 is 22.6 Å². The molecule has 0 unspecified atom stereocenters. The number of aromatic amines is 1. The molecule has 1 amide bonds. The number of hydrogen-bond acceptors (Lipinski definition) is 4. The third-order valence-electron chi connectivity index (χ3n) is 3.71. The molecule has 0 saturated heterocycles. The average Bonchev–Trinajstić information content (AvgIpc) is 2.96. The lowest BCUT2D eigenvalue weighted by Crippen LogP contribution is -2.18. The molecule has 2 aromatic heterocycles. The van der Waals surface area contributed by atoms with Crippen LogP contribution in [0.1, 0.15) is 49.7 Å². The Kier molecular flexibility index (Phi) is 4.05. The van der Waals surface area contributed by atoms with E-state index in [0.29, 0.717) is 17.1 Å². The summed E-state index contributed by atoms with van der Waals surface area (Å²) < 4.78 is 0. The molecule has 6 heteroatoms. The van der Waals surface area contributed by atoms with Crippen LogP contribution in [0, 0.1) is 0 Å². The molecule has 0 aliphatic heterocycles. The summed E-state index contributed by atoms with van der Waals surface area (Å²) in [6, 6.07) is 5.61. The molecule has 2 heterocycles. The maximum absolute atomic E-state index is 12.4.